The van der Waals surface area contributed by atoms with Crippen LogP contribution in [-0.4, -0.2) is 30.6 Å². The van der Waals surface area contributed by atoms with Gasteiger partial charge in [-0.05, 0) is 74.0 Å². The van der Waals surface area contributed by atoms with Crippen LogP contribution in [0, 0.1) is 5.41 Å². The fourth-order valence-corrected chi connectivity index (χ4v) is 3.98. The molecule has 0 spiro atoms. The average molecular weight is 332 g/mol. The molecule has 0 amide bonds. The SMILES string of the molecule is CN(C)CC1(Cc2cccc(O)c2)CCc2ccccc2C1.Cl. The Labute approximate surface area is 145 Å². The summed E-state index contributed by atoms with van der Waals surface area (Å²) in [7, 11) is 4.31. The summed E-state index contributed by atoms with van der Waals surface area (Å²) in [5.41, 5.74) is 4.50. The second-order valence-corrected chi connectivity index (χ2v) is 7.03. The van der Waals surface area contributed by atoms with E-state index in [0.29, 0.717) is 5.75 Å². The zero-order valence-electron chi connectivity index (χ0n) is 14.0. The molecule has 0 aromatic heterocycles. The molecule has 2 nitrogen and oxygen atoms in total. The van der Waals surface area contributed by atoms with Gasteiger partial charge < -0.3 is 10.0 Å². The number of aryl methyl sites for hydroxylation is 1. The van der Waals surface area contributed by atoms with Crippen LogP contribution >= 0.6 is 12.4 Å². The Morgan fingerprint density at radius 3 is 2.48 bits per heavy atom. The molecule has 124 valence electrons. The van der Waals surface area contributed by atoms with Gasteiger partial charge in [0.1, 0.15) is 5.75 Å². The molecule has 0 aliphatic heterocycles. The van der Waals surface area contributed by atoms with Crippen molar-refractivity contribution in [1.82, 2.24) is 4.90 Å². The Morgan fingerprint density at radius 2 is 1.78 bits per heavy atom. The highest BCUT2D eigenvalue weighted by atomic mass is 35.5. The minimum Gasteiger partial charge on any atom is -0.508 e. The van der Waals surface area contributed by atoms with E-state index in [4.69, 9.17) is 0 Å². The zero-order chi connectivity index (χ0) is 15.6. The summed E-state index contributed by atoms with van der Waals surface area (Å²) in [5.74, 6) is 0.369. The van der Waals surface area contributed by atoms with E-state index in [2.05, 4.69) is 49.3 Å². The third-order valence-corrected chi connectivity index (χ3v) is 4.75. The lowest BCUT2D eigenvalue weighted by Crippen LogP contribution is -2.40. The molecule has 1 unspecified atom stereocenters. The number of hydrogen-bond donors (Lipinski definition) is 1. The van der Waals surface area contributed by atoms with Gasteiger partial charge in [-0.1, -0.05) is 36.4 Å². The van der Waals surface area contributed by atoms with Gasteiger partial charge in [0.05, 0.1) is 0 Å². The summed E-state index contributed by atoms with van der Waals surface area (Å²) < 4.78 is 0. The van der Waals surface area contributed by atoms with E-state index in [1.165, 1.54) is 23.1 Å². The predicted molar refractivity (Wildman–Crippen MR) is 98.5 cm³/mol. The van der Waals surface area contributed by atoms with Crippen LogP contribution in [0.4, 0.5) is 0 Å². The molecule has 3 heteroatoms. The van der Waals surface area contributed by atoms with Crippen molar-refractivity contribution in [2.45, 2.75) is 25.7 Å². The third kappa shape index (κ3) is 4.27. The molecule has 1 aliphatic rings. The number of benzene rings is 2. The number of nitrogens with zero attached hydrogens (tertiary/aromatic N) is 1. The first kappa shape index (κ1) is 17.8. The van der Waals surface area contributed by atoms with E-state index < -0.39 is 0 Å². The molecule has 0 bridgehead atoms. The van der Waals surface area contributed by atoms with E-state index in [1.54, 1.807) is 6.07 Å². The van der Waals surface area contributed by atoms with Crippen molar-refractivity contribution in [3.8, 4) is 5.75 Å². The van der Waals surface area contributed by atoms with Crippen LogP contribution in [0.25, 0.3) is 0 Å². The van der Waals surface area contributed by atoms with Gasteiger partial charge in [-0.15, -0.1) is 12.4 Å². The van der Waals surface area contributed by atoms with Crippen molar-refractivity contribution < 1.29 is 5.11 Å². The highest BCUT2D eigenvalue weighted by Gasteiger charge is 2.35. The predicted octanol–water partition coefficient (Wildman–Crippen LogP) is 4.09. The van der Waals surface area contributed by atoms with Crippen molar-refractivity contribution in [2.75, 3.05) is 20.6 Å². The topological polar surface area (TPSA) is 23.5 Å². The maximum Gasteiger partial charge on any atom is 0.115 e. The molecule has 0 saturated heterocycles. The molecule has 0 fully saturated rings. The van der Waals surface area contributed by atoms with Gasteiger partial charge in [-0.2, -0.15) is 0 Å². The Kier molecular flexibility index (Phi) is 5.72. The zero-order valence-corrected chi connectivity index (χ0v) is 14.8. The molecule has 1 N–H and O–H groups in total. The number of aromatic hydroxyl groups is 1. The van der Waals surface area contributed by atoms with E-state index in [-0.39, 0.29) is 17.8 Å². The second-order valence-electron chi connectivity index (χ2n) is 7.03. The van der Waals surface area contributed by atoms with Crippen molar-refractivity contribution in [3.63, 3.8) is 0 Å². The van der Waals surface area contributed by atoms with Gasteiger partial charge in [-0.25, -0.2) is 0 Å². The largest absolute Gasteiger partial charge is 0.508 e. The van der Waals surface area contributed by atoms with Crippen molar-refractivity contribution >= 4 is 12.4 Å². The second kappa shape index (κ2) is 7.37. The normalized spacial score (nSPS) is 20.0. The monoisotopic (exact) mass is 331 g/mol. The number of phenolic OH excluding ortho intramolecular Hbond substituents is 1. The summed E-state index contributed by atoms with van der Waals surface area (Å²) >= 11 is 0. The van der Waals surface area contributed by atoms with Crippen molar-refractivity contribution in [1.29, 1.82) is 0 Å². The first-order chi connectivity index (χ1) is 10.6. The van der Waals surface area contributed by atoms with E-state index in [9.17, 15) is 5.11 Å². The van der Waals surface area contributed by atoms with Gasteiger partial charge in [0.2, 0.25) is 0 Å². The summed E-state index contributed by atoms with van der Waals surface area (Å²) in [4.78, 5) is 2.30. The van der Waals surface area contributed by atoms with Crippen LogP contribution in [-0.2, 0) is 19.3 Å². The molecule has 2 aromatic rings. The molecule has 1 aliphatic carbocycles. The standard InChI is InChI=1S/C20H25NO.ClH/c1-21(2)15-20(13-16-6-5-9-19(22)12-16)11-10-17-7-3-4-8-18(17)14-20;/h3-9,12,22H,10-11,13-15H2,1-2H3;1H. The van der Waals surface area contributed by atoms with Crippen molar-refractivity contribution in [2.24, 2.45) is 5.41 Å². The molecular formula is C20H26ClNO. The number of rotatable bonds is 4. The summed E-state index contributed by atoms with van der Waals surface area (Å²) in [6.07, 6.45) is 4.51. The van der Waals surface area contributed by atoms with E-state index >= 15 is 0 Å². The average Bonchev–Trinajstić information content (AvgIpc) is 2.46. The summed E-state index contributed by atoms with van der Waals surface area (Å²) in [6.45, 7) is 1.08. The Balaban J connectivity index is 0.00000192. The van der Waals surface area contributed by atoms with Crippen LogP contribution in [0.1, 0.15) is 23.1 Å². The van der Waals surface area contributed by atoms with Crippen molar-refractivity contribution in [3.05, 3.63) is 65.2 Å². The van der Waals surface area contributed by atoms with Crippen LogP contribution in [0.15, 0.2) is 48.5 Å². The smallest absolute Gasteiger partial charge is 0.115 e. The number of halogens is 1. The van der Waals surface area contributed by atoms with Gasteiger partial charge in [0.25, 0.3) is 0 Å². The number of phenols is 1. The van der Waals surface area contributed by atoms with Gasteiger partial charge >= 0.3 is 0 Å². The van der Waals surface area contributed by atoms with Crippen LogP contribution in [0.5, 0.6) is 5.75 Å². The van der Waals surface area contributed by atoms with Crippen LogP contribution in [0.3, 0.4) is 0 Å². The quantitative estimate of drug-likeness (QED) is 0.912. The molecule has 1 atom stereocenters. The van der Waals surface area contributed by atoms with E-state index in [0.717, 1.165) is 25.8 Å². The molecule has 3 rings (SSSR count). The number of hydrogen-bond acceptors (Lipinski definition) is 2. The fourth-order valence-electron chi connectivity index (χ4n) is 3.98. The Bertz CT molecular complexity index is 656. The molecular weight excluding hydrogens is 306 g/mol. The molecule has 0 saturated carbocycles. The minimum atomic E-state index is 0. The lowest BCUT2D eigenvalue weighted by atomic mass is 9.68. The first-order valence-corrected chi connectivity index (χ1v) is 8.06. The molecule has 0 heterocycles. The molecule has 0 radical (unpaired) electrons. The van der Waals surface area contributed by atoms with Gasteiger partial charge in [0.15, 0.2) is 0 Å². The highest BCUT2D eigenvalue weighted by Crippen LogP contribution is 2.39. The van der Waals surface area contributed by atoms with Crippen LogP contribution < -0.4 is 0 Å². The van der Waals surface area contributed by atoms with Gasteiger partial charge in [-0.3, -0.25) is 0 Å². The lowest BCUT2D eigenvalue weighted by Gasteiger charge is -2.40. The first-order valence-electron chi connectivity index (χ1n) is 8.06. The highest BCUT2D eigenvalue weighted by molar-refractivity contribution is 5.85. The summed E-state index contributed by atoms with van der Waals surface area (Å²) in [6, 6.07) is 16.6. The molecule has 23 heavy (non-hydrogen) atoms. The lowest BCUT2D eigenvalue weighted by molar-refractivity contribution is 0.169. The Morgan fingerprint density at radius 1 is 1.04 bits per heavy atom. The third-order valence-electron chi connectivity index (χ3n) is 4.75. The molecule has 2 aromatic carbocycles. The van der Waals surface area contributed by atoms with Crippen LogP contribution in [0.2, 0.25) is 0 Å². The van der Waals surface area contributed by atoms with E-state index in [1.807, 2.05) is 12.1 Å². The maximum absolute atomic E-state index is 9.76. The fraction of sp³-hybridized carbons (Fsp3) is 0.400. The minimum absolute atomic E-state index is 0. The summed E-state index contributed by atoms with van der Waals surface area (Å²) in [5, 5.41) is 9.76. The Hall–Kier alpha value is -1.51. The maximum atomic E-state index is 9.76. The van der Waals surface area contributed by atoms with Gasteiger partial charge in [0, 0.05) is 6.54 Å². The number of fused-ring (bicyclic) bond motifs is 1.